The highest BCUT2D eigenvalue weighted by Crippen LogP contribution is 2.36. The van der Waals surface area contributed by atoms with Gasteiger partial charge in [-0.05, 0) is 90.0 Å². The number of likely N-dealkylation sites (tertiary alicyclic amines) is 2. The minimum Gasteiger partial charge on any atom is -0.453 e. The fourth-order valence-electron chi connectivity index (χ4n) is 9.24. The van der Waals surface area contributed by atoms with Crippen molar-refractivity contribution in [3.63, 3.8) is 0 Å². The number of sulfone groups is 1. The van der Waals surface area contributed by atoms with Gasteiger partial charge >= 0.3 is 12.2 Å². The molecule has 0 bridgehead atoms. The molecule has 0 radical (unpaired) electrons. The van der Waals surface area contributed by atoms with Crippen LogP contribution in [0, 0.1) is 11.8 Å². The average Bonchev–Trinajstić information content (AvgIpc) is 4.14. The Kier molecular flexibility index (Phi) is 12.6. The first kappa shape index (κ1) is 43.4. The van der Waals surface area contributed by atoms with Gasteiger partial charge in [0.1, 0.15) is 33.6 Å². The van der Waals surface area contributed by atoms with Crippen LogP contribution in [0.2, 0.25) is 0 Å². The van der Waals surface area contributed by atoms with Gasteiger partial charge in [0.25, 0.3) is 0 Å². The monoisotopic (exact) mass is 878 g/mol. The molecule has 3 saturated heterocycles. The number of hydrogen-bond acceptors (Lipinski definition) is 10. The number of nitrogens with zero attached hydrogens (tertiary/aromatic N) is 4. The number of alkyl carbamates (subject to hydrolysis) is 2. The van der Waals surface area contributed by atoms with Crippen LogP contribution in [0.5, 0.6) is 0 Å². The van der Waals surface area contributed by atoms with Gasteiger partial charge in [-0.2, -0.15) is 0 Å². The summed E-state index contributed by atoms with van der Waals surface area (Å²) in [5.41, 5.74) is 5.69. The first-order valence-corrected chi connectivity index (χ1v) is 23.4. The second-order valence-electron chi connectivity index (χ2n) is 17.1. The number of carbonyl (C=O) groups excluding carboxylic acids is 4. The average molecular weight is 879 g/mol. The van der Waals surface area contributed by atoms with Crippen LogP contribution in [0.3, 0.4) is 0 Å². The lowest BCUT2D eigenvalue weighted by molar-refractivity contribution is -0.136. The Bertz CT molecular complexity index is 2590. The number of aromatic nitrogens is 4. The number of carbonyl (C=O) groups is 4. The highest BCUT2D eigenvalue weighted by Gasteiger charge is 2.42. The first-order valence-electron chi connectivity index (χ1n) is 21.6. The van der Waals surface area contributed by atoms with E-state index in [0.717, 1.165) is 63.7 Å². The quantitative estimate of drug-likeness (QED) is 0.113. The maximum atomic E-state index is 14.0. The van der Waals surface area contributed by atoms with E-state index in [9.17, 15) is 27.6 Å². The van der Waals surface area contributed by atoms with Crippen LogP contribution >= 0.6 is 0 Å². The van der Waals surface area contributed by atoms with Crippen molar-refractivity contribution in [2.75, 3.05) is 38.8 Å². The first-order chi connectivity index (χ1) is 30.3. The molecule has 4 atom stereocenters. The molecule has 0 spiro atoms. The molecule has 0 saturated carbocycles. The molecule has 3 aliphatic rings. The van der Waals surface area contributed by atoms with E-state index in [1.165, 1.54) is 14.2 Å². The van der Waals surface area contributed by atoms with Crippen molar-refractivity contribution >= 4 is 44.6 Å². The smallest absolute Gasteiger partial charge is 0.407 e. The third-order valence-electron chi connectivity index (χ3n) is 12.8. The Morgan fingerprint density at radius 3 is 1.73 bits per heavy atom. The SMILES string of the molecule is COC(=O)NC(C(=O)N1CCC[C@H]1c1ncc(-c2ccc(-c3ccc4cc(-c5cnc([C@@H]6CCCN6C(=O)[C@@H](NC(=O)OC)C(C)C)[nH]5)ccc4c3)cc2)[nH]1)C1CCS(=O)(=O)CC1. The second kappa shape index (κ2) is 18.2. The number of aromatic amines is 2. The molecule has 63 heavy (non-hydrogen) atoms. The van der Waals surface area contributed by atoms with E-state index in [2.05, 4.69) is 69.1 Å². The van der Waals surface area contributed by atoms with E-state index < -0.39 is 34.1 Å². The summed E-state index contributed by atoms with van der Waals surface area (Å²) in [6.45, 7) is 4.88. The maximum absolute atomic E-state index is 14.0. The Morgan fingerprint density at radius 1 is 0.667 bits per heavy atom. The number of ether oxygens (including phenoxy) is 2. The summed E-state index contributed by atoms with van der Waals surface area (Å²) in [6, 6.07) is 18.7. The summed E-state index contributed by atoms with van der Waals surface area (Å²) >= 11 is 0. The van der Waals surface area contributed by atoms with E-state index in [1.54, 1.807) is 16.0 Å². The zero-order valence-corrected chi connectivity index (χ0v) is 36.7. The van der Waals surface area contributed by atoms with Crippen molar-refractivity contribution in [3.8, 4) is 33.6 Å². The van der Waals surface area contributed by atoms with Crippen LogP contribution < -0.4 is 10.6 Å². The van der Waals surface area contributed by atoms with E-state index in [-0.39, 0.29) is 47.2 Å². The summed E-state index contributed by atoms with van der Waals surface area (Å²) in [6.07, 6.45) is 5.89. The molecule has 2 aromatic heterocycles. The third-order valence-corrected chi connectivity index (χ3v) is 14.5. The molecule has 3 aromatic carbocycles. The summed E-state index contributed by atoms with van der Waals surface area (Å²) in [5, 5.41) is 7.55. The van der Waals surface area contributed by atoms with Crippen LogP contribution in [0.1, 0.15) is 76.1 Å². The Morgan fingerprint density at radius 2 is 1.16 bits per heavy atom. The van der Waals surface area contributed by atoms with Crippen molar-refractivity contribution in [2.45, 2.75) is 76.5 Å². The molecule has 16 nitrogen and oxygen atoms in total. The van der Waals surface area contributed by atoms with E-state index >= 15 is 0 Å². The van der Waals surface area contributed by atoms with Gasteiger partial charge in [0.05, 0.1) is 61.6 Å². The lowest BCUT2D eigenvalue weighted by atomic mass is 9.92. The molecule has 17 heteroatoms. The summed E-state index contributed by atoms with van der Waals surface area (Å²) in [4.78, 5) is 71.8. The van der Waals surface area contributed by atoms with Crippen molar-refractivity contribution < 1.29 is 37.1 Å². The van der Waals surface area contributed by atoms with Crippen LogP contribution in [-0.2, 0) is 28.9 Å². The van der Waals surface area contributed by atoms with Crippen molar-refractivity contribution in [2.24, 2.45) is 11.8 Å². The molecule has 8 rings (SSSR count). The van der Waals surface area contributed by atoms with E-state index in [4.69, 9.17) is 19.4 Å². The Balaban J connectivity index is 0.934. The number of nitrogens with one attached hydrogen (secondary N) is 4. The molecule has 1 unspecified atom stereocenters. The molecule has 0 aliphatic carbocycles. The molecule has 5 aromatic rings. The van der Waals surface area contributed by atoms with E-state index in [0.29, 0.717) is 44.0 Å². The molecule has 3 aliphatic heterocycles. The van der Waals surface area contributed by atoms with Crippen molar-refractivity contribution in [1.29, 1.82) is 0 Å². The molecule has 4 N–H and O–H groups in total. The topological polar surface area (TPSA) is 209 Å². The van der Waals surface area contributed by atoms with Crippen LogP contribution in [0.4, 0.5) is 9.59 Å². The van der Waals surface area contributed by atoms with Crippen LogP contribution in [0.25, 0.3) is 44.4 Å². The van der Waals surface area contributed by atoms with Gasteiger partial charge in [-0.25, -0.2) is 28.0 Å². The Hall–Kier alpha value is -6.23. The third kappa shape index (κ3) is 9.29. The van der Waals surface area contributed by atoms with E-state index in [1.807, 2.05) is 32.2 Å². The lowest BCUT2D eigenvalue weighted by Gasteiger charge is -2.34. The number of benzene rings is 3. The fraction of sp³-hybridized carbons (Fsp3) is 0.435. The predicted molar refractivity (Wildman–Crippen MR) is 237 cm³/mol. The van der Waals surface area contributed by atoms with Gasteiger partial charge in [0, 0.05) is 18.7 Å². The molecule has 332 valence electrons. The summed E-state index contributed by atoms with van der Waals surface area (Å²) in [7, 11) is -0.630. The molecule has 4 amide bonds. The standard InChI is InChI=1S/C46H54N8O8S/c1-27(2)39(51-45(57)61-3)43(55)53-19-5-7-37(53)42-48-26-36(50-42)34-16-15-32-23-31(13-14-33(32)24-34)28-9-11-29(12-10-28)35-25-47-41(49-35)38-8-6-20-54(38)44(56)40(52-46(58)62-4)30-17-21-63(59,60)22-18-30/h9-16,23-27,30,37-40H,5-8,17-22H2,1-4H3,(H,47,49)(H,48,50)(H,51,57)(H,52,58)/t37-,38-,39-,40?/m0/s1. The number of amides is 4. The largest absolute Gasteiger partial charge is 0.453 e. The fourth-order valence-corrected chi connectivity index (χ4v) is 10.8. The number of rotatable bonds is 11. The number of imidazole rings is 2. The van der Waals surface area contributed by atoms with Gasteiger partial charge < -0.3 is 39.9 Å². The Labute approximate surface area is 366 Å². The minimum absolute atomic E-state index is 0.0163. The van der Waals surface area contributed by atoms with Crippen molar-refractivity contribution in [3.05, 3.63) is 84.7 Å². The van der Waals surface area contributed by atoms with Crippen LogP contribution in [-0.4, -0.2) is 113 Å². The van der Waals surface area contributed by atoms with Crippen molar-refractivity contribution in [1.82, 2.24) is 40.4 Å². The summed E-state index contributed by atoms with van der Waals surface area (Å²) in [5.74, 6) is 0.498. The number of hydrogen-bond donors (Lipinski definition) is 4. The zero-order chi connectivity index (χ0) is 44.4. The zero-order valence-electron chi connectivity index (χ0n) is 35.9. The molecule has 3 fully saturated rings. The van der Waals surface area contributed by atoms with Gasteiger partial charge in [-0.1, -0.05) is 62.4 Å². The van der Waals surface area contributed by atoms with Gasteiger partial charge in [-0.15, -0.1) is 0 Å². The van der Waals surface area contributed by atoms with Gasteiger partial charge in [-0.3, -0.25) is 9.59 Å². The number of H-pyrrole nitrogens is 2. The van der Waals surface area contributed by atoms with Crippen LogP contribution in [0.15, 0.2) is 73.1 Å². The highest BCUT2D eigenvalue weighted by molar-refractivity contribution is 7.91. The molecular weight excluding hydrogens is 825 g/mol. The minimum atomic E-state index is -3.16. The normalized spacial score (nSPS) is 19.8. The highest BCUT2D eigenvalue weighted by atomic mass is 32.2. The van der Waals surface area contributed by atoms with Gasteiger partial charge in [0.2, 0.25) is 11.8 Å². The summed E-state index contributed by atoms with van der Waals surface area (Å²) < 4.78 is 33.8. The van der Waals surface area contributed by atoms with Gasteiger partial charge in [0.15, 0.2) is 0 Å². The lowest BCUT2D eigenvalue weighted by Crippen LogP contribution is -2.53. The number of fused-ring (bicyclic) bond motifs is 1. The maximum Gasteiger partial charge on any atom is 0.407 e. The second-order valence-corrected chi connectivity index (χ2v) is 19.4. The number of methoxy groups -OCH3 is 2. The molecular formula is C46H54N8O8S. The molecule has 5 heterocycles. The predicted octanol–water partition coefficient (Wildman–Crippen LogP) is 6.54.